The van der Waals surface area contributed by atoms with Crippen LogP contribution < -0.4 is 25.2 Å². The lowest BCUT2D eigenvalue weighted by Gasteiger charge is -2.31. The van der Waals surface area contributed by atoms with Crippen LogP contribution in [0.5, 0.6) is 5.75 Å². The molecule has 8 nitrogen and oxygen atoms in total. The zero-order chi connectivity index (χ0) is 22.8. The molecule has 4 heterocycles. The zero-order valence-corrected chi connectivity index (χ0v) is 19.3. The highest BCUT2D eigenvalue weighted by molar-refractivity contribution is 7.14. The Balaban J connectivity index is 1.32. The molecule has 0 spiro atoms. The number of methoxy groups -OCH3 is 1. The molecule has 0 bridgehead atoms. The maximum atomic E-state index is 13.1. The van der Waals surface area contributed by atoms with Crippen LogP contribution in [-0.4, -0.2) is 55.7 Å². The topological polar surface area (TPSA) is 82.6 Å². The summed E-state index contributed by atoms with van der Waals surface area (Å²) in [6.07, 6.45) is 4.38. The van der Waals surface area contributed by atoms with E-state index in [1.807, 2.05) is 42.0 Å². The van der Waals surface area contributed by atoms with Crippen LogP contribution >= 0.6 is 11.3 Å². The molecule has 2 aliphatic rings. The number of rotatable bonds is 6. The number of benzene rings is 1. The Morgan fingerprint density at radius 1 is 1.24 bits per heavy atom. The predicted molar refractivity (Wildman–Crippen MR) is 132 cm³/mol. The molecule has 2 N–H and O–H groups in total. The quantitative estimate of drug-likeness (QED) is 0.582. The Kier molecular flexibility index (Phi) is 5.97. The molecule has 2 aliphatic heterocycles. The molecule has 0 saturated carbocycles. The molecule has 2 aromatic heterocycles. The first-order chi connectivity index (χ1) is 16.1. The minimum Gasteiger partial charge on any atom is -0.497 e. The summed E-state index contributed by atoms with van der Waals surface area (Å²) in [6.45, 7) is 8.58. The van der Waals surface area contributed by atoms with Gasteiger partial charge in [0.25, 0.3) is 5.91 Å². The molecule has 33 heavy (non-hydrogen) atoms. The first-order valence-corrected chi connectivity index (χ1v) is 11.8. The van der Waals surface area contributed by atoms with E-state index in [0.717, 1.165) is 61.0 Å². The fourth-order valence-corrected chi connectivity index (χ4v) is 5.06. The van der Waals surface area contributed by atoms with Crippen LogP contribution in [0, 0.1) is 0 Å². The lowest BCUT2D eigenvalue weighted by Crippen LogP contribution is -2.43. The number of hydrogen-bond donors (Lipinski definition) is 2. The van der Waals surface area contributed by atoms with Gasteiger partial charge in [-0.25, -0.2) is 4.98 Å². The summed E-state index contributed by atoms with van der Waals surface area (Å²) in [5.41, 5.74) is 5.11. The number of nitrogens with zero attached hydrogens (tertiary/aromatic N) is 4. The molecule has 9 heteroatoms. The van der Waals surface area contributed by atoms with Gasteiger partial charge in [-0.05, 0) is 36.2 Å². The highest BCUT2D eigenvalue weighted by atomic mass is 32.1. The standard InChI is InChI=1S/C24H26N6O2S/c1-16(27-20-14-26-7-5-22(20)29-11-8-25-9-12-29)21-15-33-24(28-21)30-10-6-17-13-18(32-2)3-4-19(17)23(30)31/h3-5,7,13-15,25,27H,1,6,8-12H2,2H3. The van der Waals surface area contributed by atoms with Crippen molar-refractivity contribution >= 4 is 39.4 Å². The Morgan fingerprint density at radius 2 is 2.09 bits per heavy atom. The number of hydrogen-bond acceptors (Lipinski definition) is 8. The number of amides is 1. The molecule has 5 rings (SSSR count). The van der Waals surface area contributed by atoms with E-state index < -0.39 is 0 Å². The third-order valence-corrected chi connectivity index (χ3v) is 6.83. The van der Waals surface area contributed by atoms with Crippen molar-refractivity contribution in [3.05, 3.63) is 65.4 Å². The molecule has 0 aliphatic carbocycles. The van der Waals surface area contributed by atoms with Gasteiger partial charge in [-0.1, -0.05) is 6.58 Å². The van der Waals surface area contributed by atoms with Gasteiger partial charge in [-0.3, -0.25) is 14.7 Å². The van der Waals surface area contributed by atoms with Crippen LogP contribution in [0.3, 0.4) is 0 Å². The number of aromatic nitrogens is 2. The summed E-state index contributed by atoms with van der Waals surface area (Å²) < 4.78 is 5.29. The Morgan fingerprint density at radius 3 is 2.91 bits per heavy atom. The van der Waals surface area contributed by atoms with Crippen molar-refractivity contribution in [3.8, 4) is 5.75 Å². The van der Waals surface area contributed by atoms with Gasteiger partial charge in [0.1, 0.15) is 5.75 Å². The average molecular weight is 463 g/mol. The summed E-state index contributed by atoms with van der Waals surface area (Å²) in [5, 5.41) is 9.37. The maximum absolute atomic E-state index is 13.1. The van der Waals surface area contributed by atoms with E-state index in [0.29, 0.717) is 22.9 Å². The van der Waals surface area contributed by atoms with E-state index in [9.17, 15) is 4.79 Å². The van der Waals surface area contributed by atoms with Crippen molar-refractivity contribution < 1.29 is 9.53 Å². The molecular formula is C24H26N6O2S. The largest absolute Gasteiger partial charge is 0.497 e. The van der Waals surface area contributed by atoms with Crippen LogP contribution in [0.25, 0.3) is 5.70 Å². The first-order valence-electron chi connectivity index (χ1n) is 10.9. The van der Waals surface area contributed by atoms with Gasteiger partial charge in [0.15, 0.2) is 5.13 Å². The predicted octanol–water partition coefficient (Wildman–Crippen LogP) is 3.24. The lowest BCUT2D eigenvalue weighted by molar-refractivity contribution is 0.0980. The Labute approximate surface area is 196 Å². The fourth-order valence-electron chi connectivity index (χ4n) is 4.19. The van der Waals surface area contributed by atoms with Crippen molar-refractivity contribution in [2.24, 2.45) is 0 Å². The number of carbonyl (C=O) groups excluding carboxylic acids is 1. The lowest BCUT2D eigenvalue weighted by atomic mass is 9.99. The summed E-state index contributed by atoms with van der Waals surface area (Å²) in [7, 11) is 1.63. The van der Waals surface area contributed by atoms with E-state index in [1.54, 1.807) is 12.0 Å². The second-order valence-corrected chi connectivity index (χ2v) is 8.82. The molecular weight excluding hydrogens is 436 g/mol. The van der Waals surface area contributed by atoms with E-state index in [1.165, 1.54) is 11.3 Å². The van der Waals surface area contributed by atoms with Gasteiger partial charge >= 0.3 is 0 Å². The number of ether oxygens (including phenoxy) is 1. The Hall–Kier alpha value is -3.43. The van der Waals surface area contributed by atoms with Crippen molar-refractivity contribution in [2.75, 3.05) is 55.0 Å². The highest BCUT2D eigenvalue weighted by Crippen LogP contribution is 2.32. The third-order valence-electron chi connectivity index (χ3n) is 5.97. The summed E-state index contributed by atoms with van der Waals surface area (Å²) >= 11 is 1.45. The maximum Gasteiger partial charge on any atom is 0.260 e. The molecule has 0 atom stereocenters. The number of anilines is 3. The number of fused-ring (bicyclic) bond motifs is 1. The zero-order valence-electron chi connectivity index (χ0n) is 18.5. The van der Waals surface area contributed by atoms with E-state index in [4.69, 9.17) is 9.72 Å². The normalized spacial score (nSPS) is 15.8. The minimum atomic E-state index is -0.0355. The van der Waals surface area contributed by atoms with Gasteiger partial charge < -0.3 is 20.3 Å². The number of pyridine rings is 1. The summed E-state index contributed by atoms with van der Waals surface area (Å²) in [4.78, 5) is 26.2. The summed E-state index contributed by atoms with van der Waals surface area (Å²) in [6, 6.07) is 7.61. The molecule has 170 valence electrons. The summed E-state index contributed by atoms with van der Waals surface area (Å²) in [5.74, 6) is 0.733. The third kappa shape index (κ3) is 4.29. The number of carbonyl (C=O) groups is 1. The highest BCUT2D eigenvalue weighted by Gasteiger charge is 2.28. The molecule has 1 fully saturated rings. The van der Waals surface area contributed by atoms with Crippen LogP contribution in [-0.2, 0) is 6.42 Å². The van der Waals surface area contributed by atoms with Crippen molar-refractivity contribution in [2.45, 2.75) is 6.42 Å². The van der Waals surface area contributed by atoms with Gasteiger partial charge in [0.2, 0.25) is 0 Å². The van der Waals surface area contributed by atoms with Gasteiger partial charge in [0.05, 0.1) is 36.1 Å². The average Bonchev–Trinajstić information content (AvgIpc) is 3.35. The van der Waals surface area contributed by atoms with Crippen LogP contribution in [0.4, 0.5) is 16.5 Å². The van der Waals surface area contributed by atoms with Crippen LogP contribution in [0.1, 0.15) is 21.6 Å². The van der Waals surface area contributed by atoms with Gasteiger partial charge in [-0.15, -0.1) is 11.3 Å². The van der Waals surface area contributed by atoms with Gasteiger partial charge in [0, 0.05) is 49.9 Å². The molecule has 3 aromatic rings. The van der Waals surface area contributed by atoms with Crippen molar-refractivity contribution in [1.82, 2.24) is 15.3 Å². The van der Waals surface area contributed by atoms with Gasteiger partial charge in [-0.2, -0.15) is 0 Å². The fraction of sp³-hybridized carbons (Fsp3) is 0.292. The minimum absolute atomic E-state index is 0.0355. The Bertz CT molecular complexity index is 1190. The SMILES string of the molecule is C=C(Nc1cnccc1N1CCNCC1)c1csc(N2CCc3cc(OC)ccc3C2=O)n1. The van der Waals surface area contributed by atoms with Crippen molar-refractivity contribution in [3.63, 3.8) is 0 Å². The molecule has 0 unspecified atom stereocenters. The monoisotopic (exact) mass is 462 g/mol. The van der Waals surface area contributed by atoms with Crippen molar-refractivity contribution in [1.29, 1.82) is 0 Å². The second kappa shape index (κ2) is 9.21. The smallest absolute Gasteiger partial charge is 0.260 e. The second-order valence-electron chi connectivity index (χ2n) is 7.98. The number of nitrogens with one attached hydrogen (secondary N) is 2. The first kappa shape index (κ1) is 21.4. The molecule has 1 saturated heterocycles. The van der Waals surface area contributed by atoms with E-state index in [-0.39, 0.29) is 5.91 Å². The van der Waals surface area contributed by atoms with Crippen LogP contribution in [0.15, 0.2) is 48.6 Å². The number of thiazole rings is 1. The molecule has 1 amide bonds. The number of piperazine rings is 1. The molecule has 0 radical (unpaired) electrons. The van der Waals surface area contributed by atoms with E-state index in [2.05, 4.69) is 27.1 Å². The van der Waals surface area contributed by atoms with E-state index >= 15 is 0 Å². The van der Waals surface area contributed by atoms with Crippen LogP contribution in [0.2, 0.25) is 0 Å². The molecule has 1 aromatic carbocycles.